The number of carbonyl (C=O) groups excluding carboxylic acids is 1. The van der Waals surface area contributed by atoms with Crippen LogP contribution in [0.4, 0.5) is 0 Å². The predicted molar refractivity (Wildman–Crippen MR) is 99.8 cm³/mol. The number of thiophene rings is 1. The molecule has 0 N–H and O–H groups in total. The van der Waals surface area contributed by atoms with Gasteiger partial charge in [0.2, 0.25) is 5.91 Å². The number of nitrogens with zero attached hydrogens (tertiary/aromatic N) is 3. The van der Waals surface area contributed by atoms with Crippen LogP contribution in [0.5, 0.6) is 0 Å². The van der Waals surface area contributed by atoms with Crippen molar-refractivity contribution < 1.29 is 4.79 Å². The molecule has 1 saturated heterocycles. The van der Waals surface area contributed by atoms with Crippen molar-refractivity contribution >= 4 is 39.2 Å². The lowest BCUT2D eigenvalue weighted by atomic mass is 9.97. The van der Waals surface area contributed by atoms with Crippen molar-refractivity contribution in [3.63, 3.8) is 0 Å². The lowest BCUT2D eigenvalue weighted by Crippen LogP contribution is -2.42. The van der Waals surface area contributed by atoms with E-state index in [1.807, 2.05) is 11.3 Å². The first-order valence-corrected chi connectivity index (χ1v) is 10.7. The van der Waals surface area contributed by atoms with Gasteiger partial charge in [-0.25, -0.2) is 9.97 Å². The fourth-order valence-corrected chi connectivity index (χ4v) is 6.06. The number of likely N-dealkylation sites (tertiary alicyclic amines) is 1. The van der Waals surface area contributed by atoms with E-state index in [2.05, 4.69) is 21.8 Å². The molecule has 2 aliphatic rings. The summed E-state index contributed by atoms with van der Waals surface area (Å²) in [5.41, 5.74) is 1.45. The molecule has 4 rings (SSSR count). The molecule has 128 valence electrons. The Morgan fingerprint density at radius 2 is 2.17 bits per heavy atom. The molecule has 0 bridgehead atoms. The van der Waals surface area contributed by atoms with Crippen molar-refractivity contribution in [2.45, 2.75) is 62.9 Å². The number of rotatable bonds is 3. The Hall–Kier alpha value is -1.14. The Kier molecular flexibility index (Phi) is 4.77. The van der Waals surface area contributed by atoms with E-state index in [1.54, 1.807) is 18.1 Å². The van der Waals surface area contributed by atoms with Crippen LogP contribution < -0.4 is 0 Å². The van der Waals surface area contributed by atoms with Gasteiger partial charge in [0.1, 0.15) is 16.2 Å². The molecule has 6 heteroatoms. The van der Waals surface area contributed by atoms with Crippen molar-refractivity contribution in [2.75, 3.05) is 12.3 Å². The number of carbonyl (C=O) groups is 1. The van der Waals surface area contributed by atoms with E-state index in [4.69, 9.17) is 0 Å². The molecule has 2 aromatic rings. The molecule has 2 aromatic heterocycles. The molecule has 3 heterocycles. The number of aryl methyl sites for hydroxylation is 2. The lowest BCUT2D eigenvalue weighted by Gasteiger charge is -2.33. The number of hydrogen-bond acceptors (Lipinski definition) is 5. The summed E-state index contributed by atoms with van der Waals surface area (Å²) in [4.78, 5) is 26.2. The van der Waals surface area contributed by atoms with Gasteiger partial charge in [0.05, 0.1) is 5.75 Å². The first kappa shape index (κ1) is 16.3. The van der Waals surface area contributed by atoms with Crippen LogP contribution in [-0.2, 0) is 17.6 Å². The Morgan fingerprint density at radius 3 is 3.04 bits per heavy atom. The summed E-state index contributed by atoms with van der Waals surface area (Å²) in [6, 6.07) is 0.381. The third-order valence-corrected chi connectivity index (χ3v) is 7.35. The zero-order valence-corrected chi connectivity index (χ0v) is 15.7. The molecule has 0 saturated carbocycles. The smallest absolute Gasteiger partial charge is 0.233 e. The van der Waals surface area contributed by atoms with Gasteiger partial charge >= 0.3 is 0 Å². The number of thioether (sulfide) groups is 1. The summed E-state index contributed by atoms with van der Waals surface area (Å²) in [6.07, 6.45) is 10.00. The van der Waals surface area contributed by atoms with E-state index in [0.29, 0.717) is 11.8 Å². The maximum Gasteiger partial charge on any atom is 0.233 e. The molecule has 1 aliphatic heterocycles. The Balaban J connectivity index is 1.54. The Labute approximate surface area is 151 Å². The van der Waals surface area contributed by atoms with Crippen molar-refractivity contribution in [3.05, 3.63) is 16.8 Å². The molecule has 0 spiro atoms. The first-order chi connectivity index (χ1) is 11.7. The van der Waals surface area contributed by atoms with E-state index in [0.717, 1.165) is 35.7 Å². The van der Waals surface area contributed by atoms with Gasteiger partial charge in [0.15, 0.2) is 0 Å². The topological polar surface area (TPSA) is 46.1 Å². The molecule has 0 radical (unpaired) electrons. The SMILES string of the molecule is CC1CCCCN1C(=O)CSc1ncnc2sc3c(c12)CCCC3. The van der Waals surface area contributed by atoms with Crippen molar-refractivity contribution in [1.82, 2.24) is 14.9 Å². The van der Waals surface area contributed by atoms with E-state index in [1.165, 1.54) is 41.5 Å². The van der Waals surface area contributed by atoms with Crippen molar-refractivity contribution in [1.29, 1.82) is 0 Å². The normalized spacial score (nSPS) is 21.0. The average molecular weight is 362 g/mol. The first-order valence-electron chi connectivity index (χ1n) is 8.91. The summed E-state index contributed by atoms with van der Waals surface area (Å²) < 4.78 is 0. The van der Waals surface area contributed by atoms with Crippen LogP contribution in [0.1, 0.15) is 49.5 Å². The van der Waals surface area contributed by atoms with Gasteiger partial charge in [-0.1, -0.05) is 11.8 Å². The number of piperidine rings is 1. The van der Waals surface area contributed by atoms with Crippen LogP contribution in [-0.4, -0.2) is 39.1 Å². The largest absolute Gasteiger partial charge is 0.339 e. The zero-order chi connectivity index (χ0) is 16.5. The Bertz CT molecular complexity index is 758. The molecule has 1 atom stereocenters. The summed E-state index contributed by atoms with van der Waals surface area (Å²) in [5, 5.41) is 2.22. The minimum atomic E-state index is 0.253. The van der Waals surface area contributed by atoms with Gasteiger partial charge in [-0.3, -0.25) is 4.79 Å². The highest BCUT2D eigenvalue weighted by atomic mass is 32.2. The highest BCUT2D eigenvalue weighted by Gasteiger charge is 2.24. The summed E-state index contributed by atoms with van der Waals surface area (Å²) in [6.45, 7) is 3.08. The van der Waals surface area contributed by atoms with Crippen molar-refractivity contribution in [2.24, 2.45) is 0 Å². The second-order valence-corrected chi connectivity index (χ2v) is 8.84. The van der Waals surface area contributed by atoms with E-state index in [9.17, 15) is 4.79 Å². The molecule has 1 amide bonds. The average Bonchev–Trinajstić information content (AvgIpc) is 2.99. The fourth-order valence-electron chi connectivity index (χ4n) is 3.85. The maximum absolute atomic E-state index is 12.6. The molecule has 0 aromatic carbocycles. The van der Waals surface area contributed by atoms with Gasteiger partial charge in [0.25, 0.3) is 0 Å². The van der Waals surface area contributed by atoms with Crippen molar-refractivity contribution in [3.8, 4) is 0 Å². The van der Waals surface area contributed by atoms with Crippen LogP contribution in [0, 0.1) is 0 Å². The lowest BCUT2D eigenvalue weighted by molar-refractivity contribution is -0.131. The minimum Gasteiger partial charge on any atom is -0.339 e. The minimum absolute atomic E-state index is 0.253. The summed E-state index contributed by atoms with van der Waals surface area (Å²) in [5.74, 6) is 0.740. The molecular weight excluding hydrogens is 338 g/mol. The van der Waals surface area contributed by atoms with Gasteiger partial charge in [-0.15, -0.1) is 11.3 Å². The maximum atomic E-state index is 12.6. The summed E-state index contributed by atoms with van der Waals surface area (Å²) in [7, 11) is 0. The monoisotopic (exact) mass is 361 g/mol. The molecule has 1 aliphatic carbocycles. The number of amides is 1. The van der Waals surface area contributed by atoms with Crippen LogP contribution in [0.25, 0.3) is 10.2 Å². The second-order valence-electron chi connectivity index (χ2n) is 6.79. The fraction of sp³-hybridized carbons (Fsp3) is 0.611. The molecule has 1 unspecified atom stereocenters. The highest BCUT2D eigenvalue weighted by molar-refractivity contribution is 8.00. The summed E-state index contributed by atoms with van der Waals surface area (Å²) >= 11 is 3.41. The van der Waals surface area contributed by atoms with E-state index in [-0.39, 0.29) is 5.91 Å². The third-order valence-electron chi connectivity index (χ3n) is 5.17. The quantitative estimate of drug-likeness (QED) is 0.611. The van der Waals surface area contributed by atoms with Gasteiger partial charge in [-0.2, -0.15) is 0 Å². The van der Waals surface area contributed by atoms with E-state index >= 15 is 0 Å². The Morgan fingerprint density at radius 1 is 1.29 bits per heavy atom. The third kappa shape index (κ3) is 3.06. The zero-order valence-electron chi connectivity index (χ0n) is 14.1. The molecule has 1 fully saturated rings. The van der Waals surface area contributed by atoms with E-state index < -0.39 is 0 Å². The standard InChI is InChI=1S/C18H23N3OS2/c1-12-6-4-5-9-21(12)15(22)10-23-17-16-13-7-2-3-8-14(13)24-18(16)20-11-19-17/h11-12H,2-10H2,1H3. The van der Waals surface area contributed by atoms with Gasteiger partial charge in [0, 0.05) is 22.8 Å². The van der Waals surface area contributed by atoms with Crippen LogP contribution >= 0.6 is 23.1 Å². The number of aromatic nitrogens is 2. The number of hydrogen-bond donors (Lipinski definition) is 0. The number of fused-ring (bicyclic) bond motifs is 3. The molecular formula is C18H23N3OS2. The molecule has 24 heavy (non-hydrogen) atoms. The van der Waals surface area contributed by atoms with Crippen LogP contribution in [0.15, 0.2) is 11.4 Å². The van der Waals surface area contributed by atoms with Gasteiger partial charge in [-0.05, 0) is 57.4 Å². The van der Waals surface area contributed by atoms with Crippen LogP contribution in [0.2, 0.25) is 0 Å². The molecule has 4 nitrogen and oxygen atoms in total. The predicted octanol–water partition coefficient (Wildman–Crippen LogP) is 4.06. The second kappa shape index (κ2) is 7.00. The highest BCUT2D eigenvalue weighted by Crippen LogP contribution is 2.39. The van der Waals surface area contributed by atoms with Crippen LogP contribution in [0.3, 0.4) is 0 Å². The van der Waals surface area contributed by atoms with Gasteiger partial charge < -0.3 is 4.90 Å².